The Labute approximate surface area is 107 Å². The van der Waals surface area contributed by atoms with Crippen molar-refractivity contribution < 1.29 is 19.7 Å². The van der Waals surface area contributed by atoms with Gasteiger partial charge in [-0.25, -0.2) is 0 Å². The highest BCUT2D eigenvalue weighted by Crippen LogP contribution is 2.29. The van der Waals surface area contributed by atoms with E-state index in [0.717, 1.165) is 0 Å². The number of benzene rings is 1. The van der Waals surface area contributed by atoms with E-state index in [2.05, 4.69) is 0 Å². The minimum absolute atomic E-state index is 0.116. The van der Waals surface area contributed by atoms with Crippen LogP contribution in [0.1, 0.15) is 35.7 Å². The summed E-state index contributed by atoms with van der Waals surface area (Å²) < 4.78 is 5.01. The number of aliphatic hydroxyl groups is 1. The van der Waals surface area contributed by atoms with Gasteiger partial charge in [-0.1, -0.05) is 12.2 Å². The summed E-state index contributed by atoms with van der Waals surface area (Å²) in [6, 6.07) is 2.83. The van der Waals surface area contributed by atoms with Gasteiger partial charge in [-0.2, -0.15) is 0 Å². The maximum atomic E-state index is 11.9. The van der Waals surface area contributed by atoms with E-state index in [9.17, 15) is 15.0 Å². The van der Waals surface area contributed by atoms with Gasteiger partial charge >= 0.3 is 0 Å². The number of methoxy groups -OCH3 is 1. The molecule has 1 aromatic carbocycles. The monoisotopic (exact) mass is 250 g/mol. The first-order valence-electron chi connectivity index (χ1n) is 5.79. The number of phenolic OH excluding ortho intramolecular Hbond substituents is 1. The quantitative estimate of drug-likeness (QED) is 0.601. The molecule has 4 nitrogen and oxygen atoms in total. The van der Waals surface area contributed by atoms with Crippen molar-refractivity contribution in [2.24, 2.45) is 0 Å². The van der Waals surface area contributed by atoms with E-state index in [4.69, 9.17) is 4.74 Å². The number of hydrogen-bond donors (Lipinski definition) is 2. The van der Waals surface area contributed by atoms with E-state index in [0.29, 0.717) is 24.2 Å². The van der Waals surface area contributed by atoms with Crippen molar-refractivity contribution in [1.29, 1.82) is 0 Å². The molecule has 98 valence electrons. The van der Waals surface area contributed by atoms with Crippen molar-refractivity contribution in [3.05, 3.63) is 35.4 Å². The molecule has 0 aliphatic rings. The number of carbonyl (C=O) groups is 1. The Morgan fingerprint density at radius 1 is 1.44 bits per heavy atom. The minimum atomic E-state index is -0.238. The number of aromatic hydroxyl groups is 1. The maximum Gasteiger partial charge on any atom is 0.166 e. The molecular formula is C14H18O4. The molecule has 0 heterocycles. The molecule has 18 heavy (non-hydrogen) atoms. The average Bonchev–Trinajstić information content (AvgIpc) is 2.38. The number of rotatable bonds is 6. The Morgan fingerprint density at radius 2 is 2.17 bits per heavy atom. The fourth-order valence-electron chi connectivity index (χ4n) is 1.67. The second-order valence-corrected chi connectivity index (χ2v) is 3.87. The summed E-state index contributed by atoms with van der Waals surface area (Å²) >= 11 is 0. The van der Waals surface area contributed by atoms with Crippen LogP contribution in [0.2, 0.25) is 0 Å². The predicted molar refractivity (Wildman–Crippen MR) is 69.0 cm³/mol. The van der Waals surface area contributed by atoms with Crippen LogP contribution in [0.5, 0.6) is 11.5 Å². The molecule has 0 fully saturated rings. The Balaban J connectivity index is 2.98. The van der Waals surface area contributed by atoms with Crippen LogP contribution < -0.4 is 4.74 Å². The lowest BCUT2D eigenvalue weighted by molar-refractivity contribution is 0.0981. The van der Waals surface area contributed by atoms with Gasteiger partial charge in [-0.3, -0.25) is 4.79 Å². The Kier molecular flexibility index (Phi) is 5.39. The largest absolute Gasteiger partial charge is 0.507 e. The van der Waals surface area contributed by atoms with Crippen LogP contribution in [0.4, 0.5) is 0 Å². The number of hydrogen-bond acceptors (Lipinski definition) is 4. The highest BCUT2D eigenvalue weighted by molar-refractivity contribution is 5.99. The predicted octanol–water partition coefficient (Wildman–Crippen LogP) is 2.43. The molecule has 0 amide bonds. The zero-order valence-electron chi connectivity index (χ0n) is 10.6. The second-order valence-electron chi connectivity index (χ2n) is 3.87. The summed E-state index contributed by atoms with van der Waals surface area (Å²) in [5.74, 6) is 0.109. The van der Waals surface area contributed by atoms with E-state index in [1.807, 2.05) is 19.1 Å². The van der Waals surface area contributed by atoms with Crippen molar-refractivity contribution >= 4 is 5.78 Å². The van der Waals surface area contributed by atoms with Crippen molar-refractivity contribution in [3.8, 4) is 11.5 Å². The third kappa shape index (κ3) is 3.34. The van der Waals surface area contributed by atoms with Crippen molar-refractivity contribution in [2.45, 2.75) is 26.4 Å². The number of ketones is 1. The molecule has 0 aliphatic heterocycles. The van der Waals surface area contributed by atoms with Gasteiger partial charge in [0.1, 0.15) is 11.5 Å². The lowest BCUT2D eigenvalue weighted by Gasteiger charge is -2.10. The van der Waals surface area contributed by atoms with E-state index < -0.39 is 0 Å². The molecule has 0 saturated carbocycles. The first-order chi connectivity index (χ1) is 8.63. The zero-order chi connectivity index (χ0) is 13.5. The minimum Gasteiger partial charge on any atom is -0.507 e. The van der Waals surface area contributed by atoms with Crippen molar-refractivity contribution in [1.82, 2.24) is 0 Å². The molecule has 0 atom stereocenters. The van der Waals surface area contributed by atoms with Crippen LogP contribution in [-0.4, -0.2) is 23.1 Å². The molecule has 2 N–H and O–H groups in total. The standard InChI is InChI=1S/C14H18O4/c1-3-4-5-6-12(16)11-7-10(9-15)14(18-2)8-13(11)17/h3-4,7-8,15,17H,5-6,9H2,1-2H3/b4-3+. The van der Waals surface area contributed by atoms with Gasteiger partial charge in [-0.15, -0.1) is 0 Å². The highest BCUT2D eigenvalue weighted by atomic mass is 16.5. The lowest BCUT2D eigenvalue weighted by Crippen LogP contribution is -2.02. The molecule has 0 spiro atoms. The van der Waals surface area contributed by atoms with Crippen LogP contribution in [0.15, 0.2) is 24.3 Å². The Bertz CT molecular complexity index is 449. The molecule has 0 aliphatic carbocycles. The summed E-state index contributed by atoms with van der Waals surface area (Å²) in [5, 5.41) is 18.9. The molecule has 1 aromatic rings. The summed E-state index contributed by atoms with van der Waals surface area (Å²) in [4.78, 5) is 11.9. The zero-order valence-corrected chi connectivity index (χ0v) is 10.6. The molecule has 1 rings (SSSR count). The summed E-state index contributed by atoms with van der Waals surface area (Å²) in [7, 11) is 1.45. The number of carbonyl (C=O) groups excluding carboxylic acids is 1. The van der Waals surface area contributed by atoms with E-state index in [1.165, 1.54) is 19.2 Å². The Hall–Kier alpha value is -1.81. The van der Waals surface area contributed by atoms with E-state index in [1.54, 1.807) is 0 Å². The third-order valence-corrected chi connectivity index (χ3v) is 2.64. The first kappa shape index (κ1) is 14.3. The molecule has 0 unspecified atom stereocenters. The van der Waals surface area contributed by atoms with Crippen LogP contribution in [0.25, 0.3) is 0 Å². The molecule has 4 heteroatoms. The van der Waals surface area contributed by atoms with Crippen LogP contribution in [0.3, 0.4) is 0 Å². The highest BCUT2D eigenvalue weighted by Gasteiger charge is 2.14. The third-order valence-electron chi connectivity index (χ3n) is 2.64. The second kappa shape index (κ2) is 6.81. The smallest absolute Gasteiger partial charge is 0.166 e. The van der Waals surface area contributed by atoms with Crippen LogP contribution >= 0.6 is 0 Å². The fraction of sp³-hybridized carbons (Fsp3) is 0.357. The molecule has 0 aromatic heterocycles. The number of phenols is 1. The summed E-state index contributed by atoms with van der Waals surface area (Å²) in [6.07, 6.45) is 4.73. The Morgan fingerprint density at radius 3 is 2.72 bits per heavy atom. The van der Waals surface area contributed by atoms with Gasteiger partial charge in [0.25, 0.3) is 0 Å². The van der Waals surface area contributed by atoms with E-state index in [-0.39, 0.29) is 23.7 Å². The molecule has 0 radical (unpaired) electrons. The van der Waals surface area contributed by atoms with Crippen LogP contribution in [-0.2, 0) is 6.61 Å². The van der Waals surface area contributed by atoms with Crippen molar-refractivity contribution in [3.63, 3.8) is 0 Å². The van der Waals surface area contributed by atoms with Crippen molar-refractivity contribution in [2.75, 3.05) is 7.11 Å². The number of allylic oxidation sites excluding steroid dienone is 2. The SMILES string of the molecule is C/C=C/CCC(=O)c1cc(CO)c(OC)cc1O. The van der Waals surface area contributed by atoms with Gasteiger partial charge in [0, 0.05) is 18.1 Å². The number of ether oxygens (including phenoxy) is 1. The maximum absolute atomic E-state index is 11.9. The average molecular weight is 250 g/mol. The van der Waals surface area contributed by atoms with Gasteiger partial charge in [0.2, 0.25) is 0 Å². The lowest BCUT2D eigenvalue weighted by atomic mass is 10.0. The van der Waals surface area contributed by atoms with Gasteiger partial charge in [0.05, 0.1) is 19.3 Å². The molecule has 0 saturated heterocycles. The first-order valence-corrected chi connectivity index (χ1v) is 5.79. The fourth-order valence-corrected chi connectivity index (χ4v) is 1.67. The number of aliphatic hydroxyl groups excluding tert-OH is 1. The summed E-state index contributed by atoms with van der Waals surface area (Å²) in [5.41, 5.74) is 0.717. The van der Waals surface area contributed by atoms with Gasteiger partial charge < -0.3 is 14.9 Å². The summed E-state index contributed by atoms with van der Waals surface area (Å²) in [6.45, 7) is 1.65. The molecular weight excluding hydrogens is 232 g/mol. The molecule has 0 bridgehead atoms. The van der Waals surface area contributed by atoms with Gasteiger partial charge in [-0.05, 0) is 19.4 Å². The topological polar surface area (TPSA) is 66.8 Å². The number of Topliss-reactive ketones (excluding diaryl/α,β-unsaturated/α-hetero) is 1. The van der Waals surface area contributed by atoms with E-state index >= 15 is 0 Å². The normalized spacial score (nSPS) is 10.8. The van der Waals surface area contributed by atoms with Crippen LogP contribution in [0, 0.1) is 0 Å². The van der Waals surface area contributed by atoms with Gasteiger partial charge in [0.15, 0.2) is 5.78 Å².